The standard InChI is InChI=1S/C15H14N4O4/c1-2-12-7-6-11(8-15(12)19(22)23)10-16-17-13-4-3-5-14(9-13)18(20)21/h3-10,17H,2H2,1H3/b16-10-. The van der Waals surface area contributed by atoms with E-state index in [1.807, 2.05) is 6.92 Å². The number of anilines is 1. The third-order valence-electron chi connectivity index (χ3n) is 3.15. The molecule has 8 heteroatoms. The third-order valence-corrected chi connectivity index (χ3v) is 3.15. The molecule has 0 aliphatic carbocycles. The molecule has 0 spiro atoms. The van der Waals surface area contributed by atoms with E-state index in [0.717, 1.165) is 0 Å². The molecule has 0 aliphatic rings. The molecule has 0 aliphatic heterocycles. The molecule has 118 valence electrons. The van der Waals surface area contributed by atoms with E-state index in [2.05, 4.69) is 10.5 Å². The van der Waals surface area contributed by atoms with Crippen molar-refractivity contribution in [3.8, 4) is 0 Å². The SMILES string of the molecule is CCc1ccc(/C=N\Nc2cccc([N+](=O)[O-])c2)cc1[N+](=O)[O-]. The van der Waals surface area contributed by atoms with E-state index in [0.29, 0.717) is 23.2 Å². The molecule has 0 saturated carbocycles. The van der Waals surface area contributed by atoms with Crippen LogP contribution >= 0.6 is 0 Å². The Kier molecular flexibility index (Phi) is 4.98. The summed E-state index contributed by atoms with van der Waals surface area (Å²) in [5, 5.41) is 25.6. The first-order valence-corrected chi connectivity index (χ1v) is 6.82. The van der Waals surface area contributed by atoms with Crippen molar-refractivity contribution in [3.05, 3.63) is 73.8 Å². The van der Waals surface area contributed by atoms with Crippen LogP contribution in [0.3, 0.4) is 0 Å². The van der Waals surface area contributed by atoms with Gasteiger partial charge in [0.1, 0.15) is 0 Å². The summed E-state index contributed by atoms with van der Waals surface area (Å²) in [7, 11) is 0. The molecule has 0 heterocycles. The van der Waals surface area contributed by atoms with E-state index >= 15 is 0 Å². The second-order valence-electron chi connectivity index (χ2n) is 4.68. The Bertz CT molecular complexity index is 774. The average molecular weight is 314 g/mol. The van der Waals surface area contributed by atoms with Crippen LogP contribution in [0.4, 0.5) is 17.1 Å². The van der Waals surface area contributed by atoms with Gasteiger partial charge in [0.05, 0.1) is 21.7 Å². The number of nitrogens with one attached hydrogen (secondary N) is 1. The van der Waals surface area contributed by atoms with E-state index < -0.39 is 9.85 Å². The minimum absolute atomic E-state index is 0.0480. The van der Waals surface area contributed by atoms with Gasteiger partial charge in [0.25, 0.3) is 11.4 Å². The molecule has 0 fully saturated rings. The van der Waals surface area contributed by atoms with Gasteiger partial charge in [0.15, 0.2) is 0 Å². The molecule has 0 atom stereocenters. The number of non-ortho nitro benzene ring substituents is 1. The molecule has 0 radical (unpaired) electrons. The highest BCUT2D eigenvalue weighted by molar-refractivity contribution is 5.81. The first-order chi connectivity index (χ1) is 11.0. The number of nitro groups is 2. The van der Waals surface area contributed by atoms with Gasteiger partial charge in [-0.1, -0.05) is 25.1 Å². The number of hydrogen-bond acceptors (Lipinski definition) is 6. The second-order valence-corrected chi connectivity index (χ2v) is 4.68. The molecule has 8 nitrogen and oxygen atoms in total. The van der Waals surface area contributed by atoms with Crippen molar-refractivity contribution in [2.24, 2.45) is 5.10 Å². The number of benzene rings is 2. The van der Waals surface area contributed by atoms with Crippen molar-refractivity contribution in [1.29, 1.82) is 0 Å². The maximum Gasteiger partial charge on any atom is 0.273 e. The lowest BCUT2D eigenvalue weighted by atomic mass is 10.1. The van der Waals surface area contributed by atoms with Crippen molar-refractivity contribution in [2.75, 3.05) is 5.43 Å². The largest absolute Gasteiger partial charge is 0.278 e. The highest BCUT2D eigenvalue weighted by Gasteiger charge is 2.12. The van der Waals surface area contributed by atoms with Gasteiger partial charge in [-0.15, -0.1) is 0 Å². The number of aryl methyl sites for hydroxylation is 1. The second kappa shape index (κ2) is 7.12. The maximum absolute atomic E-state index is 11.0. The van der Waals surface area contributed by atoms with Crippen LogP contribution in [0.2, 0.25) is 0 Å². The first kappa shape index (κ1) is 16.1. The lowest BCUT2D eigenvalue weighted by Crippen LogP contribution is -1.97. The fourth-order valence-electron chi connectivity index (χ4n) is 2.00. The van der Waals surface area contributed by atoms with Crippen molar-refractivity contribution in [3.63, 3.8) is 0 Å². The lowest BCUT2D eigenvalue weighted by molar-refractivity contribution is -0.385. The molecular formula is C15H14N4O4. The molecule has 0 saturated heterocycles. The summed E-state index contributed by atoms with van der Waals surface area (Å²) >= 11 is 0. The number of hydrazone groups is 1. The van der Waals surface area contributed by atoms with Crippen LogP contribution in [0.25, 0.3) is 0 Å². The Morgan fingerprint density at radius 1 is 1.13 bits per heavy atom. The predicted octanol–water partition coefficient (Wildman–Crippen LogP) is 3.51. The van der Waals surface area contributed by atoms with Crippen LogP contribution in [-0.4, -0.2) is 16.1 Å². The van der Waals surface area contributed by atoms with Gasteiger partial charge in [-0.3, -0.25) is 25.7 Å². The summed E-state index contributed by atoms with van der Waals surface area (Å²) in [6.07, 6.45) is 1.99. The Morgan fingerprint density at radius 3 is 2.57 bits per heavy atom. The third kappa shape index (κ3) is 4.10. The fourth-order valence-corrected chi connectivity index (χ4v) is 2.00. The van der Waals surface area contributed by atoms with E-state index in [4.69, 9.17) is 0 Å². The van der Waals surface area contributed by atoms with Crippen molar-refractivity contribution < 1.29 is 9.85 Å². The number of nitro benzene ring substituents is 2. The Morgan fingerprint density at radius 2 is 1.91 bits per heavy atom. The van der Waals surface area contributed by atoms with E-state index in [-0.39, 0.29) is 11.4 Å². The maximum atomic E-state index is 11.0. The van der Waals surface area contributed by atoms with Gasteiger partial charge in [0.2, 0.25) is 0 Å². The number of rotatable bonds is 6. The Labute approximate surface area is 131 Å². The predicted molar refractivity (Wildman–Crippen MR) is 86.8 cm³/mol. The van der Waals surface area contributed by atoms with Gasteiger partial charge >= 0.3 is 0 Å². The highest BCUT2D eigenvalue weighted by Crippen LogP contribution is 2.20. The Balaban J connectivity index is 2.14. The van der Waals surface area contributed by atoms with Crippen LogP contribution in [0.5, 0.6) is 0 Å². The van der Waals surface area contributed by atoms with E-state index in [1.165, 1.54) is 30.5 Å². The van der Waals surface area contributed by atoms with Crippen LogP contribution in [0.15, 0.2) is 47.6 Å². The fraction of sp³-hybridized carbons (Fsp3) is 0.133. The normalized spacial score (nSPS) is 10.7. The van der Waals surface area contributed by atoms with Gasteiger partial charge in [-0.05, 0) is 12.5 Å². The van der Waals surface area contributed by atoms with Crippen LogP contribution in [0, 0.1) is 20.2 Å². The monoisotopic (exact) mass is 314 g/mol. The van der Waals surface area contributed by atoms with Crippen LogP contribution in [0.1, 0.15) is 18.1 Å². The Hall–Kier alpha value is -3.29. The van der Waals surface area contributed by atoms with E-state index in [9.17, 15) is 20.2 Å². The van der Waals surface area contributed by atoms with Crippen molar-refractivity contribution in [2.45, 2.75) is 13.3 Å². The topological polar surface area (TPSA) is 111 Å². The van der Waals surface area contributed by atoms with Gasteiger partial charge < -0.3 is 0 Å². The zero-order valence-corrected chi connectivity index (χ0v) is 12.3. The molecule has 0 amide bonds. The molecule has 2 aromatic rings. The summed E-state index contributed by atoms with van der Waals surface area (Å²) in [6, 6.07) is 10.8. The molecule has 2 rings (SSSR count). The summed E-state index contributed by atoms with van der Waals surface area (Å²) < 4.78 is 0. The highest BCUT2D eigenvalue weighted by atomic mass is 16.6. The van der Waals surface area contributed by atoms with Crippen molar-refractivity contribution >= 4 is 23.3 Å². The number of nitrogens with zero attached hydrogens (tertiary/aromatic N) is 3. The average Bonchev–Trinajstić information content (AvgIpc) is 2.55. The van der Waals surface area contributed by atoms with Gasteiger partial charge in [-0.25, -0.2) is 0 Å². The van der Waals surface area contributed by atoms with Crippen LogP contribution in [-0.2, 0) is 6.42 Å². The molecular weight excluding hydrogens is 300 g/mol. The smallest absolute Gasteiger partial charge is 0.273 e. The van der Waals surface area contributed by atoms with E-state index in [1.54, 1.807) is 18.2 Å². The first-order valence-electron chi connectivity index (χ1n) is 6.82. The molecule has 1 N–H and O–H groups in total. The number of hydrogen-bond donors (Lipinski definition) is 1. The molecule has 0 bridgehead atoms. The van der Waals surface area contributed by atoms with Gasteiger partial charge in [0, 0.05) is 29.3 Å². The summed E-state index contributed by atoms with van der Waals surface area (Å²) in [6.45, 7) is 1.85. The van der Waals surface area contributed by atoms with Gasteiger partial charge in [-0.2, -0.15) is 5.10 Å². The minimum Gasteiger partial charge on any atom is -0.278 e. The molecule has 0 aromatic heterocycles. The quantitative estimate of drug-likeness (QED) is 0.498. The van der Waals surface area contributed by atoms with Crippen LogP contribution < -0.4 is 5.43 Å². The summed E-state index contributed by atoms with van der Waals surface area (Å²) in [4.78, 5) is 20.8. The molecule has 0 unspecified atom stereocenters. The summed E-state index contributed by atoms with van der Waals surface area (Å²) in [5.41, 5.74) is 4.33. The molecule has 2 aromatic carbocycles. The molecule has 23 heavy (non-hydrogen) atoms. The zero-order chi connectivity index (χ0) is 16.8. The lowest BCUT2D eigenvalue weighted by Gasteiger charge is -2.02. The summed E-state index contributed by atoms with van der Waals surface area (Å²) in [5.74, 6) is 0. The van der Waals surface area contributed by atoms with Crippen molar-refractivity contribution in [1.82, 2.24) is 0 Å². The zero-order valence-electron chi connectivity index (χ0n) is 12.3. The minimum atomic E-state index is -0.498.